The highest BCUT2D eigenvalue weighted by Gasteiger charge is 2.04. The van der Waals surface area contributed by atoms with Crippen molar-refractivity contribution in [2.75, 3.05) is 5.73 Å². The Labute approximate surface area is 86.5 Å². The molecule has 0 saturated carbocycles. The van der Waals surface area contributed by atoms with Crippen molar-refractivity contribution in [3.05, 3.63) is 46.6 Å². The molecule has 3 nitrogen and oxygen atoms in total. The van der Waals surface area contributed by atoms with Gasteiger partial charge < -0.3 is 10.3 Å². The lowest BCUT2D eigenvalue weighted by Crippen LogP contribution is -1.91. The van der Waals surface area contributed by atoms with Gasteiger partial charge in [-0.3, -0.25) is 0 Å². The van der Waals surface area contributed by atoms with Crippen LogP contribution in [0.4, 0.5) is 5.88 Å². The maximum atomic E-state index is 5.85. The lowest BCUT2D eigenvalue weighted by molar-refractivity contribution is 0.436. The van der Waals surface area contributed by atoms with E-state index in [2.05, 4.69) is 5.16 Å². The maximum Gasteiger partial charge on any atom is 0.225 e. The molecule has 1 aromatic carbocycles. The number of nitrogens with zero attached hydrogens (tertiary/aromatic N) is 1. The molecule has 0 fully saturated rings. The first-order chi connectivity index (χ1) is 6.75. The van der Waals surface area contributed by atoms with Crippen LogP contribution in [0.3, 0.4) is 0 Å². The van der Waals surface area contributed by atoms with Crippen LogP contribution in [0.2, 0.25) is 5.02 Å². The van der Waals surface area contributed by atoms with Crippen LogP contribution in [0.25, 0.3) is 0 Å². The van der Waals surface area contributed by atoms with Gasteiger partial charge in [0.15, 0.2) is 0 Å². The van der Waals surface area contributed by atoms with E-state index in [4.69, 9.17) is 21.9 Å². The predicted molar refractivity (Wildman–Crippen MR) is 55.2 cm³/mol. The summed E-state index contributed by atoms with van der Waals surface area (Å²) in [5.41, 5.74) is 7.54. The number of nitrogen functional groups attached to an aromatic ring is 1. The van der Waals surface area contributed by atoms with Gasteiger partial charge in [0.2, 0.25) is 5.88 Å². The zero-order valence-corrected chi connectivity index (χ0v) is 8.16. The summed E-state index contributed by atoms with van der Waals surface area (Å²) in [6.45, 7) is 0. The first-order valence-corrected chi connectivity index (χ1v) is 4.57. The van der Waals surface area contributed by atoms with E-state index in [0.29, 0.717) is 12.3 Å². The Morgan fingerprint density at radius 2 is 2.29 bits per heavy atom. The molecule has 0 unspecified atom stereocenters. The smallest absolute Gasteiger partial charge is 0.225 e. The number of hydrogen-bond acceptors (Lipinski definition) is 3. The van der Waals surface area contributed by atoms with Crippen molar-refractivity contribution in [2.24, 2.45) is 0 Å². The van der Waals surface area contributed by atoms with Crippen LogP contribution in [0.15, 0.2) is 35.0 Å². The summed E-state index contributed by atoms with van der Waals surface area (Å²) in [4.78, 5) is 0. The molecule has 0 spiro atoms. The van der Waals surface area contributed by atoms with E-state index in [1.165, 1.54) is 0 Å². The van der Waals surface area contributed by atoms with Crippen LogP contribution in [0, 0.1) is 0 Å². The third-order valence-electron chi connectivity index (χ3n) is 1.96. The van der Waals surface area contributed by atoms with Gasteiger partial charge in [0.25, 0.3) is 0 Å². The van der Waals surface area contributed by atoms with Crippen molar-refractivity contribution in [1.29, 1.82) is 0 Å². The largest absolute Gasteiger partial charge is 0.367 e. The molecular weight excluding hydrogens is 200 g/mol. The fraction of sp³-hybridized carbons (Fsp3) is 0.100. The highest BCUT2D eigenvalue weighted by Crippen LogP contribution is 2.18. The number of halogens is 1. The number of aromatic nitrogens is 1. The number of rotatable bonds is 2. The first-order valence-electron chi connectivity index (χ1n) is 4.19. The Bertz CT molecular complexity index is 439. The average molecular weight is 209 g/mol. The summed E-state index contributed by atoms with van der Waals surface area (Å²) in [5, 5.41) is 4.33. The summed E-state index contributed by atoms with van der Waals surface area (Å²) >= 11 is 5.85. The summed E-state index contributed by atoms with van der Waals surface area (Å²) in [6, 6.07) is 7.62. The third kappa shape index (κ3) is 1.88. The molecule has 2 aromatic rings. The van der Waals surface area contributed by atoms with E-state index in [0.717, 1.165) is 16.1 Å². The molecule has 2 N–H and O–H groups in total. The SMILES string of the molecule is Nc1oncc1Cc1cccc(Cl)c1. The molecule has 0 atom stereocenters. The summed E-state index contributed by atoms with van der Waals surface area (Å²) in [7, 11) is 0. The zero-order valence-electron chi connectivity index (χ0n) is 7.40. The molecule has 0 aliphatic rings. The Balaban J connectivity index is 2.23. The second-order valence-corrected chi connectivity index (χ2v) is 3.46. The number of anilines is 1. The van der Waals surface area contributed by atoms with Crippen LogP contribution in [-0.4, -0.2) is 5.16 Å². The van der Waals surface area contributed by atoms with E-state index < -0.39 is 0 Å². The Morgan fingerprint density at radius 1 is 1.43 bits per heavy atom. The van der Waals surface area contributed by atoms with Crippen molar-refractivity contribution in [3.8, 4) is 0 Å². The number of benzene rings is 1. The molecule has 72 valence electrons. The quantitative estimate of drug-likeness (QED) is 0.825. The molecule has 1 heterocycles. The van der Waals surface area contributed by atoms with Crippen LogP contribution >= 0.6 is 11.6 Å². The molecule has 0 saturated heterocycles. The number of nitrogens with two attached hydrogens (primary N) is 1. The first kappa shape index (κ1) is 9.09. The lowest BCUT2D eigenvalue weighted by Gasteiger charge is -1.99. The fourth-order valence-electron chi connectivity index (χ4n) is 1.27. The molecule has 0 aliphatic carbocycles. The minimum absolute atomic E-state index is 0.366. The zero-order chi connectivity index (χ0) is 9.97. The van der Waals surface area contributed by atoms with Crippen LogP contribution < -0.4 is 5.73 Å². The molecule has 1 aromatic heterocycles. The molecule has 0 radical (unpaired) electrons. The normalized spacial score (nSPS) is 10.4. The molecular formula is C10H9ClN2O. The van der Waals surface area contributed by atoms with Crippen LogP contribution in [-0.2, 0) is 6.42 Å². The van der Waals surface area contributed by atoms with E-state index in [1.807, 2.05) is 24.3 Å². The second-order valence-electron chi connectivity index (χ2n) is 3.02. The maximum absolute atomic E-state index is 5.85. The molecule has 0 bridgehead atoms. The van der Waals surface area contributed by atoms with Crippen LogP contribution in [0.1, 0.15) is 11.1 Å². The minimum Gasteiger partial charge on any atom is -0.367 e. The van der Waals surface area contributed by atoms with Gasteiger partial charge in [-0.05, 0) is 17.7 Å². The van der Waals surface area contributed by atoms with Gasteiger partial charge in [-0.25, -0.2) is 0 Å². The van der Waals surface area contributed by atoms with Crippen molar-refractivity contribution in [3.63, 3.8) is 0 Å². The summed E-state index contributed by atoms with van der Waals surface area (Å²) in [6.07, 6.45) is 2.31. The van der Waals surface area contributed by atoms with Gasteiger partial charge in [-0.15, -0.1) is 0 Å². The minimum atomic E-state index is 0.366. The van der Waals surface area contributed by atoms with Gasteiger partial charge in [0.05, 0.1) is 6.20 Å². The fourth-order valence-corrected chi connectivity index (χ4v) is 1.48. The molecule has 0 amide bonds. The monoisotopic (exact) mass is 208 g/mol. The van der Waals surface area contributed by atoms with Crippen molar-refractivity contribution in [1.82, 2.24) is 5.16 Å². The van der Waals surface area contributed by atoms with Crippen molar-refractivity contribution in [2.45, 2.75) is 6.42 Å². The highest BCUT2D eigenvalue weighted by atomic mass is 35.5. The topological polar surface area (TPSA) is 52.0 Å². The van der Waals surface area contributed by atoms with Gasteiger partial charge in [0.1, 0.15) is 0 Å². The molecule has 0 aliphatic heterocycles. The van der Waals surface area contributed by atoms with Crippen molar-refractivity contribution >= 4 is 17.5 Å². The highest BCUT2D eigenvalue weighted by molar-refractivity contribution is 6.30. The van der Waals surface area contributed by atoms with E-state index in [1.54, 1.807) is 6.20 Å². The Morgan fingerprint density at radius 3 is 2.93 bits per heavy atom. The third-order valence-corrected chi connectivity index (χ3v) is 2.19. The van der Waals surface area contributed by atoms with Crippen molar-refractivity contribution < 1.29 is 4.52 Å². The van der Waals surface area contributed by atoms with Gasteiger partial charge in [0, 0.05) is 17.0 Å². The molecule has 4 heteroatoms. The Kier molecular flexibility index (Phi) is 2.41. The Hall–Kier alpha value is -1.48. The van der Waals surface area contributed by atoms with E-state index in [-0.39, 0.29) is 0 Å². The van der Waals surface area contributed by atoms with Crippen LogP contribution in [0.5, 0.6) is 0 Å². The predicted octanol–water partition coefficient (Wildman–Crippen LogP) is 2.50. The van der Waals surface area contributed by atoms with Gasteiger partial charge in [-0.2, -0.15) is 0 Å². The standard InChI is InChI=1S/C10H9ClN2O/c11-9-3-1-2-7(5-9)4-8-6-13-14-10(8)12/h1-3,5-6H,4,12H2. The molecule has 2 rings (SSSR count). The molecule has 14 heavy (non-hydrogen) atoms. The van der Waals surface area contributed by atoms with Gasteiger partial charge in [-0.1, -0.05) is 28.9 Å². The lowest BCUT2D eigenvalue weighted by atomic mass is 10.1. The van der Waals surface area contributed by atoms with Gasteiger partial charge >= 0.3 is 0 Å². The number of hydrogen-bond donors (Lipinski definition) is 1. The van der Waals surface area contributed by atoms with E-state index >= 15 is 0 Å². The summed E-state index contributed by atoms with van der Waals surface area (Å²) < 4.78 is 4.76. The average Bonchev–Trinajstić information content (AvgIpc) is 2.52. The van der Waals surface area contributed by atoms with E-state index in [9.17, 15) is 0 Å². The summed E-state index contributed by atoms with van der Waals surface area (Å²) in [5.74, 6) is 0.366. The second kappa shape index (κ2) is 3.72.